The Morgan fingerprint density at radius 2 is 2.24 bits per heavy atom. The van der Waals surface area contributed by atoms with Gasteiger partial charge in [-0.1, -0.05) is 25.5 Å². The summed E-state index contributed by atoms with van der Waals surface area (Å²) in [6, 6.07) is 7.51. The second-order valence-electron chi connectivity index (χ2n) is 5.14. The van der Waals surface area contributed by atoms with Gasteiger partial charge in [0.2, 0.25) is 0 Å². The summed E-state index contributed by atoms with van der Waals surface area (Å²) in [7, 11) is 1.75. The number of hydrogen-bond acceptors (Lipinski definition) is 2. The lowest BCUT2D eigenvalue weighted by molar-refractivity contribution is 0.400. The molecule has 0 aromatic heterocycles. The van der Waals surface area contributed by atoms with Crippen LogP contribution < -0.4 is 10.1 Å². The summed E-state index contributed by atoms with van der Waals surface area (Å²) >= 11 is 0. The number of aryl methyl sites for hydroxylation is 1. The highest BCUT2D eigenvalue weighted by Gasteiger charge is 2.36. The van der Waals surface area contributed by atoms with Crippen LogP contribution in [0.5, 0.6) is 5.75 Å². The molecule has 3 atom stereocenters. The molecule has 0 saturated heterocycles. The zero-order valence-electron chi connectivity index (χ0n) is 11.3. The predicted octanol–water partition coefficient (Wildman–Crippen LogP) is 3.45. The Labute approximate surface area is 104 Å². The van der Waals surface area contributed by atoms with Gasteiger partial charge in [0.05, 0.1) is 7.11 Å². The van der Waals surface area contributed by atoms with Gasteiger partial charge in [0, 0.05) is 17.6 Å². The minimum atomic E-state index is 0.368. The van der Waals surface area contributed by atoms with Crippen molar-refractivity contribution in [2.45, 2.75) is 45.7 Å². The monoisotopic (exact) mass is 233 g/mol. The standard InChI is InChI=1S/C15H23NO/c1-5-12-9-14(12)16-11(3)13-7-6-10(2)8-15(13)17-4/h6-8,11-12,14,16H,5,9H2,1-4H3. The molecular weight excluding hydrogens is 210 g/mol. The fourth-order valence-corrected chi connectivity index (χ4v) is 2.49. The van der Waals surface area contributed by atoms with Gasteiger partial charge in [-0.3, -0.25) is 0 Å². The fourth-order valence-electron chi connectivity index (χ4n) is 2.49. The van der Waals surface area contributed by atoms with Gasteiger partial charge in [-0.15, -0.1) is 0 Å². The van der Waals surface area contributed by atoms with Crippen molar-refractivity contribution in [1.82, 2.24) is 5.32 Å². The van der Waals surface area contributed by atoms with E-state index in [4.69, 9.17) is 4.74 Å². The molecule has 0 bridgehead atoms. The van der Waals surface area contributed by atoms with Crippen molar-refractivity contribution < 1.29 is 4.74 Å². The number of nitrogens with one attached hydrogen (secondary N) is 1. The van der Waals surface area contributed by atoms with E-state index < -0.39 is 0 Å². The van der Waals surface area contributed by atoms with Gasteiger partial charge in [0.1, 0.15) is 5.75 Å². The Balaban J connectivity index is 2.05. The van der Waals surface area contributed by atoms with E-state index >= 15 is 0 Å². The summed E-state index contributed by atoms with van der Waals surface area (Å²) < 4.78 is 5.46. The molecule has 17 heavy (non-hydrogen) atoms. The van der Waals surface area contributed by atoms with Crippen LogP contribution in [0.15, 0.2) is 18.2 Å². The maximum Gasteiger partial charge on any atom is 0.123 e. The third-order valence-corrected chi connectivity index (χ3v) is 3.77. The van der Waals surface area contributed by atoms with Gasteiger partial charge < -0.3 is 10.1 Å². The first-order valence-electron chi connectivity index (χ1n) is 6.56. The highest BCUT2D eigenvalue weighted by Crippen LogP contribution is 2.36. The Morgan fingerprint density at radius 3 is 2.82 bits per heavy atom. The summed E-state index contributed by atoms with van der Waals surface area (Å²) in [5, 5.41) is 3.69. The minimum Gasteiger partial charge on any atom is -0.496 e. The van der Waals surface area contributed by atoms with Crippen molar-refractivity contribution in [2.75, 3.05) is 7.11 Å². The summed E-state index contributed by atoms with van der Waals surface area (Å²) in [5.41, 5.74) is 2.51. The highest BCUT2D eigenvalue weighted by atomic mass is 16.5. The smallest absolute Gasteiger partial charge is 0.123 e. The SMILES string of the molecule is CCC1CC1NC(C)c1ccc(C)cc1OC. The van der Waals surface area contributed by atoms with Crippen molar-refractivity contribution in [2.24, 2.45) is 5.92 Å². The van der Waals surface area contributed by atoms with E-state index in [2.05, 4.69) is 44.3 Å². The molecule has 3 unspecified atom stereocenters. The van der Waals surface area contributed by atoms with Crippen LogP contribution in [0.4, 0.5) is 0 Å². The Morgan fingerprint density at radius 1 is 1.47 bits per heavy atom. The van der Waals surface area contributed by atoms with Crippen molar-refractivity contribution >= 4 is 0 Å². The molecule has 0 spiro atoms. The molecule has 0 amide bonds. The molecule has 0 radical (unpaired) electrons. The fraction of sp³-hybridized carbons (Fsp3) is 0.600. The van der Waals surface area contributed by atoms with Gasteiger partial charge in [-0.25, -0.2) is 0 Å². The van der Waals surface area contributed by atoms with Crippen LogP contribution in [0.3, 0.4) is 0 Å². The molecule has 1 aliphatic rings. The average Bonchev–Trinajstić information content (AvgIpc) is 3.07. The molecule has 94 valence electrons. The molecule has 0 heterocycles. The lowest BCUT2D eigenvalue weighted by Crippen LogP contribution is -2.22. The third kappa shape index (κ3) is 2.81. The zero-order valence-corrected chi connectivity index (χ0v) is 11.3. The normalized spacial score (nSPS) is 24.5. The van der Waals surface area contributed by atoms with Gasteiger partial charge in [-0.2, -0.15) is 0 Å². The van der Waals surface area contributed by atoms with Crippen LogP contribution in [-0.2, 0) is 0 Å². The van der Waals surface area contributed by atoms with Crippen LogP contribution in [0.25, 0.3) is 0 Å². The summed E-state index contributed by atoms with van der Waals surface area (Å²) in [4.78, 5) is 0. The number of methoxy groups -OCH3 is 1. The molecule has 1 aromatic rings. The average molecular weight is 233 g/mol. The largest absolute Gasteiger partial charge is 0.496 e. The Hall–Kier alpha value is -1.02. The molecule has 1 saturated carbocycles. The lowest BCUT2D eigenvalue weighted by Gasteiger charge is -2.18. The lowest BCUT2D eigenvalue weighted by atomic mass is 10.0. The molecule has 1 fully saturated rings. The summed E-state index contributed by atoms with van der Waals surface area (Å²) in [6.45, 7) is 6.58. The number of rotatable bonds is 5. The van der Waals surface area contributed by atoms with Crippen LogP contribution in [0.2, 0.25) is 0 Å². The van der Waals surface area contributed by atoms with Crippen LogP contribution >= 0.6 is 0 Å². The number of hydrogen-bond donors (Lipinski definition) is 1. The van der Waals surface area contributed by atoms with Crippen molar-refractivity contribution in [1.29, 1.82) is 0 Å². The molecule has 2 heteroatoms. The number of benzene rings is 1. The van der Waals surface area contributed by atoms with Gasteiger partial charge in [0.25, 0.3) is 0 Å². The second-order valence-corrected chi connectivity index (χ2v) is 5.14. The van der Waals surface area contributed by atoms with Crippen LogP contribution in [0.1, 0.15) is 43.9 Å². The van der Waals surface area contributed by atoms with E-state index in [0.717, 1.165) is 11.7 Å². The van der Waals surface area contributed by atoms with E-state index in [9.17, 15) is 0 Å². The molecule has 2 rings (SSSR count). The zero-order chi connectivity index (χ0) is 12.4. The number of ether oxygens (including phenoxy) is 1. The van der Waals surface area contributed by atoms with E-state index in [0.29, 0.717) is 12.1 Å². The van der Waals surface area contributed by atoms with E-state index in [1.54, 1.807) is 7.11 Å². The second kappa shape index (κ2) is 5.09. The van der Waals surface area contributed by atoms with Crippen LogP contribution in [-0.4, -0.2) is 13.2 Å². The van der Waals surface area contributed by atoms with E-state index in [-0.39, 0.29) is 0 Å². The van der Waals surface area contributed by atoms with E-state index in [1.165, 1.54) is 24.0 Å². The Bertz CT molecular complexity index is 389. The summed E-state index contributed by atoms with van der Waals surface area (Å²) in [6.07, 6.45) is 2.62. The van der Waals surface area contributed by atoms with Gasteiger partial charge >= 0.3 is 0 Å². The van der Waals surface area contributed by atoms with Gasteiger partial charge in [0.15, 0.2) is 0 Å². The van der Waals surface area contributed by atoms with E-state index in [1.807, 2.05) is 0 Å². The van der Waals surface area contributed by atoms with Crippen LogP contribution in [0, 0.1) is 12.8 Å². The maximum atomic E-state index is 5.46. The topological polar surface area (TPSA) is 21.3 Å². The third-order valence-electron chi connectivity index (χ3n) is 3.77. The van der Waals surface area contributed by atoms with Crippen molar-refractivity contribution in [3.8, 4) is 5.75 Å². The van der Waals surface area contributed by atoms with Crippen molar-refractivity contribution in [3.63, 3.8) is 0 Å². The molecule has 1 aliphatic carbocycles. The molecule has 1 N–H and O–H groups in total. The maximum absolute atomic E-state index is 5.46. The molecule has 0 aliphatic heterocycles. The quantitative estimate of drug-likeness (QED) is 0.841. The Kier molecular flexibility index (Phi) is 3.72. The molecule has 1 aromatic carbocycles. The minimum absolute atomic E-state index is 0.368. The predicted molar refractivity (Wildman–Crippen MR) is 71.5 cm³/mol. The van der Waals surface area contributed by atoms with Gasteiger partial charge in [-0.05, 0) is 37.8 Å². The molecule has 2 nitrogen and oxygen atoms in total. The van der Waals surface area contributed by atoms with Crippen molar-refractivity contribution in [3.05, 3.63) is 29.3 Å². The first kappa shape index (κ1) is 12.4. The highest BCUT2D eigenvalue weighted by molar-refractivity contribution is 5.39. The first-order chi connectivity index (χ1) is 8.15. The molecular formula is C15H23NO. The first-order valence-corrected chi connectivity index (χ1v) is 6.56. The summed E-state index contributed by atoms with van der Waals surface area (Å²) in [5.74, 6) is 1.88.